The zero-order valence-corrected chi connectivity index (χ0v) is 12.9. The van der Waals surface area contributed by atoms with Gasteiger partial charge in [-0.25, -0.2) is 4.98 Å². The van der Waals surface area contributed by atoms with Gasteiger partial charge in [0.15, 0.2) is 0 Å². The summed E-state index contributed by atoms with van der Waals surface area (Å²) in [6.45, 7) is 8.98. The van der Waals surface area contributed by atoms with Crippen LogP contribution >= 0.6 is 0 Å². The van der Waals surface area contributed by atoms with Crippen LogP contribution in [0.5, 0.6) is 0 Å². The van der Waals surface area contributed by atoms with Crippen LogP contribution in [0.25, 0.3) is 0 Å². The molecule has 2 aliphatic heterocycles. The van der Waals surface area contributed by atoms with Crippen LogP contribution in [0.3, 0.4) is 0 Å². The van der Waals surface area contributed by atoms with Crippen molar-refractivity contribution in [1.82, 2.24) is 14.9 Å². The molecule has 0 amide bonds. The third kappa shape index (κ3) is 2.71. The molecule has 0 bridgehead atoms. The lowest BCUT2D eigenvalue weighted by molar-refractivity contribution is 0.316. The molecule has 0 aliphatic carbocycles. The number of anilines is 1. The van der Waals surface area contributed by atoms with Crippen LogP contribution in [-0.2, 0) is 13.0 Å². The summed E-state index contributed by atoms with van der Waals surface area (Å²) < 4.78 is 2.31. The molecule has 2 saturated heterocycles. The zero-order chi connectivity index (χ0) is 13.9. The van der Waals surface area contributed by atoms with Crippen LogP contribution < -0.4 is 10.2 Å². The van der Waals surface area contributed by atoms with E-state index in [2.05, 4.69) is 34.8 Å². The van der Waals surface area contributed by atoms with E-state index < -0.39 is 0 Å². The highest BCUT2D eigenvalue weighted by Crippen LogP contribution is 2.28. The number of rotatable bonds is 4. The Bertz CT molecular complexity index is 426. The van der Waals surface area contributed by atoms with E-state index in [4.69, 9.17) is 4.98 Å². The van der Waals surface area contributed by atoms with Crippen molar-refractivity contribution in [3.63, 3.8) is 0 Å². The first-order valence-corrected chi connectivity index (χ1v) is 8.36. The van der Waals surface area contributed by atoms with E-state index in [9.17, 15) is 0 Å². The molecule has 4 heteroatoms. The summed E-state index contributed by atoms with van der Waals surface area (Å²) in [7, 11) is 0. The molecule has 2 fully saturated rings. The molecule has 0 spiro atoms. The van der Waals surface area contributed by atoms with E-state index in [1.54, 1.807) is 0 Å². The Balaban J connectivity index is 1.63. The van der Waals surface area contributed by atoms with Crippen LogP contribution in [0, 0.1) is 5.92 Å². The molecule has 0 radical (unpaired) electrons. The standard InChI is InChI=1S/C16H28N4/c1-3-14-12-19(4-2)16(18-14)20-10-7-13(8-11-20)15-6-5-9-17-15/h12-13,15,17H,3-11H2,1-2H3. The summed E-state index contributed by atoms with van der Waals surface area (Å²) in [6, 6.07) is 0.786. The van der Waals surface area contributed by atoms with E-state index in [1.807, 2.05) is 0 Å². The van der Waals surface area contributed by atoms with Gasteiger partial charge in [0.05, 0.1) is 5.69 Å². The maximum atomic E-state index is 4.82. The summed E-state index contributed by atoms with van der Waals surface area (Å²) in [5, 5.41) is 3.68. The van der Waals surface area contributed by atoms with Crippen LogP contribution in [0.1, 0.15) is 45.2 Å². The van der Waals surface area contributed by atoms with Gasteiger partial charge in [0.1, 0.15) is 0 Å². The topological polar surface area (TPSA) is 33.1 Å². The van der Waals surface area contributed by atoms with Gasteiger partial charge in [-0.2, -0.15) is 0 Å². The van der Waals surface area contributed by atoms with Crippen LogP contribution in [0.4, 0.5) is 5.95 Å². The van der Waals surface area contributed by atoms with Gasteiger partial charge < -0.3 is 14.8 Å². The van der Waals surface area contributed by atoms with Crippen LogP contribution in [-0.4, -0.2) is 35.2 Å². The molecule has 112 valence electrons. The van der Waals surface area contributed by atoms with Crippen LogP contribution in [0.2, 0.25) is 0 Å². The first-order valence-electron chi connectivity index (χ1n) is 8.36. The Morgan fingerprint density at radius 3 is 2.65 bits per heavy atom. The lowest BCUT2D eigenvalue weighted by Crippen LogP contribution is -2.41. The molecule has 2 aliphatic rings. The molecule has 20 heavy (non-hydrogen) atoms. The second-order valence-corrected chi connectivity index (χ2v) is 6.20. The number of nitrogens with one attached hydrogen (secondary N) is 1. The van der Waals surface area contributed by atoms with Crippen molar-refractivity contribution >= 4 is 5.95 Å². The number of nitrogens with zero attached hydrogens (tertiary/aromatic N) is 3. The molecule has 1 aromatic heterocycles. The lowest BCUT2D eigenvalue weighted by atomic mass is 9.89. The molecule has 4 nitrogen and oxygen atoms in total. The van der Waals surface area contributed by atoms with Gasteiger partial charge >= 0.3 is 0 Å². The molecular formula is C16H28N4. The molecule has 1 atom stereocenters. The average Bonchev–Trinajstić information content (AvgIpc) is 3.16. The Morgan fingerprint density at radius 1 is 1.25 bits per heavy atom. The third-order valence-corrected chi connectivity index (χ3v) is 5.00. The fourth-order valence-electron chi connectivity index (χ4n) is 3.73. The van der Waals surface area contributed by atoms with Crippen LogP contribution in [0.15, 0.2) is 6.20 Å². The number of hydrogen-bond acceptors (Lipinski definition) is 3. The maximum absolute atomic E-state index is 4.82. The molecule has 0 saturated carbocycles. The van der Waals surface area contributed by atoms with Gasteiger partial charge in [0.2, 0.25) is 5.95 Å². The number of piperidine rings is 1. The van der Waals surface area contributed by atoms with Gasteiger partial charge in [-0.3, -0.25) is 0 Å². The van der Waals surface area contributed by atoms with Gasteiger partial charge in [-0.1, -0.05) is 6.92 Å². The zero-order valence-electron chi connectivity index (χ0n) is 12.9. The number of imidazole rings is 1. The molecule has 1 aromatic rings. The fourth-order valence-corrected chi connectivity index (χ4v) is 3.73. The molecule has 3 rings (SSSR count). The summed E-state index contributed by atoms with van der Waals surface area (Å²) in [4.78, 5) is 7.31. The summed E-state index contributed by atoms with van der Waals surface area (Å²) in [5.41, 5.74) is 1.22. The molecule has 3 heterocycles. The van der Waals surface area contributed by atoms with Gasteiger partial charge in [0.25, 0.3) is 0 Å². The van der Waals surface area contributed by atoms with E-state index in [0.29, 0.717) is 0 Å². The quantitative estimate of drug-likeness (QED) is 0.917. The van der Waals surface area contributed by atoms with Crippen molar-refractivity contribution < 1.29 is 0 Å². The Hall–Kier alpha value is -1.03. The first-order chi connectivity index (χ1) is 9.81. The van der Waals surface area contributed by atoms with Gasteiger partial charge in [-0.05, 0) is 51.5 Å². The number of aryl methyl sites for hydroxylation is 2. The number of aromatic nitrogens is 2. The van der Waals surface area contributed by atoms with Crippen molar-refractivity contribution in [3.8, 4) is 0 Å². The predicted molar refractivity (Wildman–Crippen MR) is 83.2 cm³/mol. The molecule has 1 unspecified atom stereocenters. The van der Waals surface area contributed by atoms with Crippen molar-refractivity contribution in [2.45, 2.75) is 58.5 Å². The Kier molecular flexibility index (Phi) is 4.29. The minimum Gasteiger partial charge on any atom is -0.342 e. The average molecular weight is 276 g/mol. The Morgan fingerprint density at radius 2 is 2.05 bits per heavy atom. The third-order valence-electron chi connectivity index (χ3n) is 5.00. The number of hydrogen-bond donors (Lipinski definition) is 1. The second-order valence-electron chi connectivity index (χ2n) is 6.20. The van der Waals surface area contributed by atoms with Crippen molar-refractivity contribution in [2.24, 2.45) is 5.92 Å². The SMILES string of the molecule is CCc1cn(CC)c(N2CCC(C3CCCN3)CC2)n1. The van der Waals surface area contributed by atoms with E-state index in [-0.39, 0.29) is 0 Å². The van der Waals surface area contributed by atoms with Crippen molar-refractivity contribution in [3.05, 3.63) is 11.9 Å². The first kappa shape index (κ1) is 13.9. The summed E-state index contributed by atoms with van der Waals surface area (Å²) >= 11 is 0. The highest BCUT2D eigenvalue weighted by molar-refractivity contribution is 5.34. The molecule has 1 N–H and O–H groups in total. The predicted octanol–water partition coefficient (Wildman–Crippen LogP) is 2.43. The fraction of sp³-hybridized carbons (Fsp3) is 0.812. The summed E-state index contributed by atoms with van der Waals surface area (Å²) in [6.07, 6.45) is 8.63. The van der Waals surface area contributed by atoms with Crippen molar-refractivity contribution in [2.75, 3.05) is 24.5 Å². The summed E-state index contributed by atoms with van der Waals surface area (Å²) in [5.74, 6) is 2.08. The Labute approximate surface area is 122 Å². The van der Waals surface area contributed by atoms with E-state index >= 15 is 0 Å². The highest BCUT2D eigenvalue weighted by Gasteiger charge is 2.29. The van der Waals surface area contributed by atoms with E-state index in [1.165, 1.54) is 57.0 Å². The normalized spacial score (nSPS) is 24.5. The lowest BCUT2D eigenvalue weighted by Gasteiger charge is -2.35. The highest BCUT2D eigenvalue weighted by atomic mass is 15.3. The minimum absolute atomic E-state index is 0.786. The van der Waals surface area contributed by atoms with E-state index in [0.717, 1.165) is 24.9 Å². The minimum atomic E-state index is 0.786. The molecular weight excluding hydrogens is 248 g/mol. The largest absolute Gasteiger partial charge is 0.342 e. The smallest absolute Gasteiger partial charge is 0.205 e. The van der Waals surface area contributed by atoms with Gasteiger partial charge in [-0.15, -0.1) is 0 Å². The molecule has 0 aromatic carbocycles. The van der Waals surface area contributed by atoms with Gasteiger partial charge in [0, 0.05) is 31.9 Å². The monoisotopic (exact) mass is 276 g/mol. The van der Waals surface area contributed by atoms with Crippen molar-refractivity contribution in [1.29, 1.82) is 0 Å². The maximum Gasteiger partial charge on any atom is 0.205 e. The second kappa shape index (κ2) is 6.17.